The number of para-hydroxylation sites is 1. The molecule has 6 heteroatoms. The maximum absolute atomic E-state index is 12.1. The molecule has 3 rings (SSSR count). The van der Waals surface area contributed by atoms with Crippen molar-refractivity contribution in [2.45, 2.75) is 12.8 Å². The molecule has 0 atom stereocenters. The van der Waals surface area contributed by atoms with Crippen molar-refractivity contribution in [2.75, 3.05) is 18.0 Å². The minimum Gasteiger partial charge on any atom is -0.478 e. The number of fused-ring (bicyclic) bond motifs is 1. The van der Waals surface area contributed by atoms with Gasteiger partial charge in [-0.2, -0.15) is 5.10 Å². The van der Waals surface area contributed by atoms with Crippen LogP contribution in [0.3, 0.4) is 0 Å². The van der Waals surface area contributed by atoms with Gasteiger partial charge < -0.3 is 10.0 Å². The molecule has 0 aromatic heterocycles. The first-order valence-corrected chi connectivity index (χ1v) is 8.12. The molecule has 6 nitrogen and oxygen atoms in total. The molecule has 2 aromatic carbocycles. The number of carboxylic acids is 1. The fraction of sp³-hybridized carbons (Fsp3) is 0.211. The quantitative estimate of drug-likeness (QED) is 0.648. The van der Waals surface area contributed by atoms with E-state index in [1.165, 1.54) is 17.8 Å². The van der Waals surface area contributed by atoms with E-state index < -0.39 is 5.97 Å². The zero-order valence-electron chi connectivity index (χ0n) is 13.7. The smallest absolute Gasteiger partial charge is 0.336 e. The van der Waals surface area contributed by atoms with Gasteiger partial charge in [0, 0.05) is 17.8 Å². The third-order valence-corrected chi connectivity index (χ3v) is 4.13. The van der Waals surface area contributed by atoms with Crippen LogP contribution in [0.25, 0.3) is 0 Å². The van der Waals surface area contributed by atoms with Crippen molar-refractivity contribution >= 4 is 23.8 Å². The highest BCUT2D eigenvalue weighted by Gasteiger charge is 2.18. The van der Waals surface area contributed by atoms with E-state index in [1.807, 2.05) is 23.1 Å². The van der Waals surface area contributed by atoms with Crippen LogP contribution in [-0.4, -0.2) is 36.3 Å². The van der Waals surface area contributed by atoms with Gasteiger partial charge in [0.05, 0.1) is 18.3 Å². The zero-order chi connectivity index (χ0) is 17.6. The molecule has 0 spiro atoms. The average molecular weight is 337 g/mol. The molecule has 0 saturated carbocycles. The molecule has 25 heavy (non-hydrogen) atoms. The zero-order valence-corrected chi connectivity index (χ0v) is 13.7. The van der Waals surface area contributed by atoms with Crippen LogP contribution in [0, 0.1) is 0 Å². The van der Waals surface area contributed by atoms with Crippen molar-refractivity contribution in [3.8, 4) is 0 Å². The van der Waals surface area contributed by atoms with Crippen LogP contribution in [-0.2, 0) is 11.2 Å². The summed E-state index contributed by atoms with van der Waals surface area (Å²) in [6.07, 6.45) is 3.39. The number of benzene rings is 2. The van der Waals surface area contributed by atoms with Crippen LogP contribution in [0.15, 0.2) is 53.6 Å². The van der Waals surface area contributed by atoms with Crippen molar-refractivity contribution in [2.24, 2.45) is 5.10 Å². The molecule has 0 radical (unpaired) electrons. The number of hydrazone groups is 1. The molecule has 2 aromatic rings. The Balaban J connectivity index is 1.62. The molecule has 1 aliphatic rings. The van der Waals surface area contributed by atoms with E-state index in [9.17, 15) is 9.59 Å². The first kappa shape index (κ1) is 16.7. The molecule has 2 N–H and O–H groups in total. The number of amides is 1. The van der Waals surface area contributed by atoms with E-state index in [0.717, 1.165) is 25.1 Å². The predicted octanol–water partition coefficient (Wildman–Crippen LogP) is 2.29. The van der Waals surface area contributed by atoms with Gasteiger partial charge in [-0.1, -0.05) is 36.4 Å². The summed E-state index contributed by atoms with van der Waals surface area (Å²) in [5.74, 6) is -1.26. The first-order valence-electron chi connectivity index (χ1n) is 8.12. The Labute approximate surface area is 145 Å². The minimum atomic E-state index is -1.03. The summed E-state index contributed by atoms with van der Waals surface area (Å²) in [5, 5.41) is 13.0. The Bertz CT molecular complexity index is 817. The van der Waals surface area contributed by atoms with E-state index in [1.54, 1.807) is 18.2 Å². The topological polar surface area (TPSA) is 82.0 Å². The van der Waals surface area contributed by atoms with Crippen molar-refractivity contribution in [3.63, 3.8) is 0 Å². The highest BCUT2D eigenvalue weighted by molar-refractivity contribution is 5.98. The van der Waals surface area contributed by atoms with Crippen molar-refractivity contribution in [1.29, 1.82) is 0 Å². The van der Waals surface area contributed by atoms with Gasteiger partial charge >= 0.3 is 5.97 Å². The maximum Gasteiger partial charge on any atom is 0.336 e. The van der Waals surface area contributed by atoms with E-state index in [4.69, 9.17) is 5.11 Å². The number of carboxylic acid groups (broad SMARTS) is 1. The highest BCUT2D eigenvalue weighted by atomic mass is 16.4. The normalized spacial score (nSPS) is 13.5. The molecular weight excluding hydrogens is 318 g/mol. The molecule has 0 saturated heterocycles. The van der Waals surface area contributed by atoms with E-state index in [-0.39, 0.29) is 18.0 Å². The molecule has 1 aliphatic heterocycles. The van der Waals surface area contributed by atoms with Gasteiger partial charge in [0.1, 0.15) is 0 Å². The average Bonchev–Trinajstić information content (AvgIpc) is 2.62. The molecule has 0 bridgehead atoms. The lowest BCUT2D eigenvalue weighted by atomic mass is 10.0. The number of nitrogens with zero attached hydrogens (tertiary/aromatic N) is 2. The second kappa shape index (κ2) is 7.61. The number of hydrogen-bond donors (Lipinski definition) is 2. The number of carbonyl (C=O) groups is 2. The van der Waals surface area contributed by atoms with Crippen molar-refractivity contribution in [1.82, 2.24) is 5.43 Å². The van der Waals surface area contributed by atoms with E-state index in [2.05, 4.69) is 16.6 Å². The highest BCUT2D eigenvalue weighted by Crippen LogP contribution is 2.26. The number of anilines is 1. The number of hydrogen-bond acceptors (Lipinski definition) is 4. The number of rotatable bonds is 5. The fourth-order valence-electron chi connectivity index (χ4n) is 2.96. The van der Waals surface area contributed by atoms with Gasteiger partial charge in [-0.15, -0.1) is 0 Å². The molecule has 128 valence electrons. The van der Waals surface area contributed by atoms with Crippen LogP contribution < -0.4 is 10.3 Å². The third kappa shape index (κ3) is 4.03. The molecule has 0 fully saturated rings. The summed E-state index contributed by atoms with van der Waals surface area (Å²) in [5.41, 5.74) is 5.40. The largest absolute Gasteiger partial charge is 0.478 e. The molecular formula is C19H19N3O3. The number of carbonyl (C=O) groups excluding carboxylic acids is 1. The third-order valence-electron chi connectivity index (χ3n) is 4.13. The molecule has 0 unspecified atom stereocenters. The first-order chi connectivity index (χ1) is 12.1. The lowest BCUT2D eigenvalue weighted by molar-refractivity contribution is -0.119. The Morgan fingerprint density at radius 3 is 2.76 bits per heavy atom. The number of aryl methyl sites for hydroxylation is 1. The summed E-state index contributed by atoms with van der Waals surface area (Å²) in [6, 6.07) is 14.6. The van der Waals surface area contributed by atoms with Crippen LogP contribution in [0.4, 0.5) is 5.69 Å². The summed E-state index contributed by atoms with van der Waals surface area (Å²) in [6.45, 7) is 1.05. The van der Waals surface area contributed by atoms with Gasteiger partial charge in [0.25, 0.3) is 5.91 Å². The van der Waals surface area contributed by atoms with Crippen LogP contribution >= 0.6 is 0 Å². The second-order valence-corrected chi connectivity index (χ2v) is 5.84. The van der Waals surface area contributed by atoms with Gasteiger partial charge in [-0.3, -0.25) is 4.79 Å². The summed E-state index contributed by atoms with van der Waals surface area (Å²) in [7, 11) is 0. The Kier molecular flexibility index (Phi) is 5.09. The maximum atomic E-state index is 12.1. The SMILES string of the molecule is O=C(CN1CCCc2ccccc21)N/N=C/c1ccccc1C(=O)O. The monoisotopic (exact) mass is 337 g/mol. The van der Waals surface area contributed by atoms with Crippen LogP contribution in [0.2, 0.25) is 0 Å². The fourth-order valence-corrected chi connectivity index (χ4v) is 2.96. The van der Waals surface area contributed by atoms with Gasteiger partial charge in [0.15, 0.2) is 0 Å². The predicted molar refractivity (Wildman–Crippen MR) is 96.1 cm³/mol. The van der Waals surface area contributed by atoms with Crippen molar-refractivity contribution in [3.05, 3.63) is 65.2 Å². The Morgan fingerprint density at radius 2 is 1.92 bits per heavy atom. The number of nitrogens with one attached hydrogen (secondary N) is 1. The van der Waals surface area contributed by atoms with Crippen molar-refractivity contribution < 1.29 is 14.7 Å². The standard InChI is InChI=1S/C19H19N3O3/c23-18(13-22-11-5-8-14-6-2-4-10-17(14)22)21-20-12-15-7-1-3-9-16(15)19(24)25/h1-4,6-7,9-10,12H,5,8,11,13H2,(H,21,23)(H,24,25)/b20-12+. The lowest BCUT2D eigenvalue weighted by Crippen LogP contribution is -2.38. The molecule has 0 aliphatic carbocycles. The van der Waals surface area contributed by atoms with Crippen LogP contribution in [0.5, 0.6) is 0 Å². The minimum absolute atomic E-state index is 0.144. The molecule has 1 amide bonds. The van der Waals surface area contributed by atoms with Gasteiger partial charge in [0.2, 0.25) is 0 Å². The van der Waals surface area contributed by atoms with Gasteiger partial charge in [-0.05, 0) is 30.5 Å². The van der Waals surface area contributed by atoms with Gasteiger partial charge in [-0.25, -0.2) is 10.2 Å². The second-order valence-electron chi connectivity index (χ2n) is 5.84. The van der Waals surface area contributed by atoms with E-state index in [0.29, 0.717) is 5.56 Å². The van der Waals surface area contributed by atoms with E-state index >= 15 is 0 Å². The Morgan fingerprint density at radius 1 is 1.16 bits per heavy atom. The lowest BCUT2D eigenvalue weighted by Gasteiger charge is -2.30. The Hall–Kier alpha value is -3.15. The molecule has 1 heterocycles. The summed E-state index contributed by atoms with van der Waals surface area (Å²) >= 11 is 0. The summed E-state index contributed by atoms with van der Waals surface area (Å²) < 4.78 is 0. The number of aromatic carboxylic acids is 1. The summed E-state index contributed by atoms with van der Waals surface area (Å²) in [4.78, 5) is 25.3. The van der Waals surface area contributed by atoms with Crippen LogP contribution in [0.1, 0.15) is 27.9 Å².